The van der Waals surface area contributed by atoms with Crippen molar-refractivity contribution in [2.75, 3.05) is 26.8 Å². The average Bonchev–Trinajstić information content (AvgIpc) is 2.47. The van der Waals surface area contributed by atoms with Gasteiger partial charge in [0.15, 0.2) is 0 Å². The average molecular weight is 260 g/mol. The minimum atomic E-state index is 0.318. The predicted molar refractivity (Wildman–Crippen MR) is 73.0 cm³/mol. The third-order valence-corrected chi connectivity index (χ3v) is 3.48. The molecule has 4 heteroatoms. The van der Waals surface area contributed by atoms with Gasteiger partial charge >= 0.3 is 0 Å². The lowest BCUT2D eigenvalue weighted by Gasteiger charge is -2.32. The highest BCUT2D eigenvalue weighted by atomic mass is 16.5. The largest absolute Gasteiger partial charge is 0.496 e. The molecule has 0 saturated carbocycles. The number of hydrogen-bond acceptors (Lipinski definition) is 4. The first kappa shape index (κ1) is 13.9. The van der Waals surface area contributed by atoms with Gasteiger partial charge in [-0.3, -0.25) is 4.90 Å². The Bertz CT molecular complexity index is 468. The molecule has 0 spiro atoms. The molecule has 1 unspecified atom stereocenters. The van der Waals surface area contributed by atoms with E-state index in [9.17, 15) is 0 Å². The van der Waals surface area contributed by atoms with Crippen molar-refractivity contribution in [2.24, 2.45) is 0 Å². The second kappa shape index (κ2) is 6.55. The molecule has 1 aliphatic heterocycles. The summed E-state index contributed by atoms with van der Waals surface area (Å²) in [6.45, 7) is 5.59. The van der Waals surface area contributed by atoms with Crippen LogP contribution in [0.2, 0.25) is 0 Å². The Morgan fingerprint density at radius 3 is 3.05 bits per heavy atom. The van der Waals surface area contributed by atoms with Crippen molar-refractivity contribution >= 4 is 0 Å². The molecule has 0 aromatic heterocycles. The summed E-state index contributed by atoms with van der Waals surface area (Å²) in [5.74, 6) is 0.846. The molecule has 0 bridgehead atoms. The standard InChI is InChI=1S/C15H20N2O2/c1-3-14-11-17(6-7-19-14)10-13-8-12(9-16)4-5-15(13)18-2/h4-5,8,14H,3,6-7,10-11H2,1-2H3. The van der Waals surface area contributed by atoms with Gasteiger partial charge in [0.1, 0.15) is 5.75 Å². The van der Waals surface area contributed by atoms with Crippen molar-refractivity contribution in [2.45, 2.75) is 26.0 Å². The summed E-state index contributed by atoms with van der Waals surface area (Å²) in [6, 6.07) is 7.74. The maximum atomic E-state index is 8.99. The molecular weight excluding hydrogens is 240 g/mol. The molecule has 4 nitrogen and oxygen atoms in total. The molecule has 2 rings (SSSR count). The fourth-order valence-corrected chi connectivity index (χ4v) is 2.38. The number of morpholine rings is 1. The lowest BCUT2D eigenvalue weighted by atomic mass is 10.1. The van der Waals surface area contributed by atoms with Crippen molar-refractivity contribution in [3.05, 3.63) is 29.3 Å². The van der Waals surface area contributed by atoms with Gasteiger partial charge in [0.05, 0.1) is 31.5 Å². The molecule has 1 aliphatic rings. The Morgan fingerprint density at radius 2 is 2.37 bits per heavy atom. The topological polar surface area (TPSA) is 45.5 Å². The van der Waals surface area contributed by atoms with Crippen LogP contribution in [0.5, 0.6) is 5.75 Å². The van der Waals surface area contributed by atoms with Gasteiger partial charge in [-0.1, -0.05) is 6.92 Å². The van der Waals surface area contributed by atoms with E-state index in [1.165, 1.54) is 0 Å². The van der Waals surface area contributed by atoms with Gasteiger partial charge in [-0.25, -0.2) is 0 Å². The third kappa shape index (κ3) is 3.46. The van der Waals surface area contributed by atoms with E-state index in [-0.39, 0.29) is 0 Å². The van der Waals surface area contributed by atoms with Crippen LogP contribution in [0.3, 0.4) is 0 Å². The summed E-state index contributed by atoms with van der Waals surface area (Å²) in [4.78, 5) is 2.36. The SMILES string of the molecule is CCC1CN(Cc2cc(C#N)ccc2OC)CCO1. The molecule has 0 radical (unpaired) electrons. The van der Waals surface area contributed by atoms with E-state index in [0.717, 1.165) is 44.0 Å². The number of nitriles is 1. The van der Waals surface area contributed by atoms with E-state index in [1.54, 1.807) is 13.2 Å². The van der Waals surface area contributed by atoms with Gasteiger partial charge in [-0.15, -0.1) is 0 Å². The molecule has 1 aromatic rings. The maximum absolute atomic E-state index is 8.99. The number of nitrogens with zero attached hydrogens (tertiary/aromatic N) is 2. The third-order valence-electron chi connectivity index (χ3n) is 3.48. The number of rotatable bonds is 4. The summed E-state index contributed by atoms with van der Waals surface area (Å²) < 4.78 is 11.0. The molecule has 0 N–H and O–H groups in total. The summed E-state index contributed by atoms with van der Waals surface area (Å²) in [5.41, 5.74) is 1.74. The zero-order valence-corrected chi connectivity index (χ0v) is 11.6. The first-order valence-corrected chi connectivity index (χ1v) is 6.67. The van der Waals surface area contributed by atoms with Crippen molar-refractivity contribution in [3.8, 4) is 11.8 Å². The first-order valence-electron chi connectivity index (χ1n) is 6.67. The summed E-state index contributed by atoms with van der Waals surface area (Å²) in [5, 5.41) is 8.99. The van der Waals surface area contributed by atoms with Crippen LogP contribution in [0.25, 0.3) is 0 Å². The van der Waals surface area contributed by atoms with Gasteiger partial charge in [-0.05, 0) is 24.6 Å². The quantitative estimate of drug-likeness (QED) is 0.832. The van der Waals surface area contributed by atoms with Crippen LogP contribution < -0.4 is 4.74 Å². The Labute approximate surface area is 114 Å². The fourth-order valence-electron chi connectivity index (χ4n) is 2.38. The first-order chi connectivity index (χ1) is 9.26. The van der Waals surface area contributed by atoms with Crippen LogP contribution in [0, 0.1) is 11.3 Å². The van der Waals surface area contributed by atoms with Crippen LogP contribution in [0.1, 0.15) is 24.5 Å². The monoisotopic (exact) mass is 260 g/mol. The summed E-state index contributed by atoms with van der Waals surface area (Å²) in [6.07, 6.45) is 1.35. The van der Waals surface area contributed by atoms with Crippen molar-refractivity contribution in [3.63, 3.8) is 0 Å². The normalized spacial score (nSPS) is 19.9. The number of ether oxygens (including phenoxy) is 2. The lowest BCUT2D eigenvalue weighted by Crippen LogP contribution is -2.41. The molecule has 19 heavy (non-hydrogen) atoms. The van der Waals surface area contributed by atoms with Crippen molar-refractivity contribution in [1.29, 1.82) is 5.26 Å². The lowest BCUT2D eigenvalue weighted by molar-refractivity contribution is -0.0326. The maximum Gasteiger partial charge on any atom is 0.123 e. The molecule has 1 fully saturated rings. The number of hydrogen-bond donors (Lipinski definition) is 0. The van der Waals surface area contributed by atoms with E-state index in [2.05, 4.69) is 17.9 Å². The minimum absolute atomic E-state index is 0.318. The van der Waals surface area contributed by atoms with Crippen LogP contribution >= 0.6 is 0 Å². The fraction of sp³-hybridized carbons (Fsp3) is 0.533. The molecule has 0 amide bonds. The van der Waals surface area contributed by atoms with E-state index >= 15 is 0 Å². The summed E-state index contributed by atoms with van der Waals surface area (Å²) >= 11 is 0. The predicted octanol–water partition coefficient (Wildman–Crippen LogP) is 2.18. The van der Waals surface area contributed by atoms with Gasteiger partial charge in [0, 0.05) is 25.2 Å². The van der Waals surface area contributed by atoms with Gasteiger partial charge in [-0.2, -0.15) is 5.26 Å². The highest BCUT2D eigenvalue weighted by molar-refractivity contribution is 5.42. The van der Waals surface area contributed by atoms with Gasteiger partial charge in [0.2, 0.25) is 0 Å². The second-order valence-corrected chi connectivity index (χ2v) is 4.77. The zero-order valence-electron chi connectivity index (χ0n) is 11.6. The highest BCUT2D eigenvalue weighted by Gasteiger charge is 2.20. The van der Waals surface area contributed by atoms with E-state index in [0.29, 0.717) is 11.7 Å². The van der Waals surface area contributed by atoms with E-state index < -0.39 is 0 Å². The van der Waals surface area contributed by atoms with Crippen molar-refractivity contribution in [1.82, 2.24) is 4.90 Å². The number of methoxy groups -OCH3 is 1. The van der Waals surface area contributed by atoms with Gasteiger partial charge < -0.3 is 9.47 Å². The molecule has 0 aliphatic carbocycles. The molecular formula is C15H20N2O2. The van der Waals surface area contributed by atoms with Crippen LogP contribution in [-0.4, -0.2) is 37.8 Å². The smallest absolute Gasteiger partial charge is 0.123 e. The molecule has 1 heterocycles. The summed E-state index contributed by atoms with van der Waals surface area (Å²) in [7, 11) is 1.67. The number of benzene rings is 1. The van der Waals surface area contributed by atoms with E-state index in [4.69, 9.17) is 14.7 Å². The van der Waals surface area contributed by atoms with Crippen molar-refractivity contribution < 1.29 is 9.47 Å². The zero-order chi connectivity index (χ0) is 13.7. The molecule has 102 valence electrons. The minimum Gasteiger partial charge on any atom is -0.496 e. The Kier molecular flexibility index (Phi) is 4.78. The Hall–Kier alpha value is -1.57. The molecule has 1 aromatic carbocycles. The Morgan fingerprint density at radius 1 is 1.53 bits per heavy atom. The highest BCUT2D eigenvalue weighted by Crippen LogP contribution is 2.22. The molecule has 1 atom stereocenters. The van der Waals surface area contributed by atoms with Crippen LogP contribution in [-0.2, 0) is 11.3 Å². The second-order valence-electron chi connectivity index (χ2n) is 4.77. The van der Waals surface area contributed by atoms with Crippen LogP contribution in [0.15, 0.2) is 18.2 Å². The van der Waals surface area contributed by atoms with Crippen LogP contribution in [0.4, 0.5) is 0 Å². The Balaban J connectivity index is 2.11. The molecule has 1 saturated heterocycles. The van der Waals surface area contributed by atoms with E-state index in [1.807, 2.05) is 12.1 Å². The van der Waals surface area contributed by atoms with Gasteiger partial charge in [0.25, 0.3) is 0 Å².